The lowest BCUT2D eigenvalue weighted by atomic mass is 9.96. The highest BCUT2D eigenvalue weighted by molar-refractivity contribution is 7.07. The van der Waals surface area contributed by atoms with Crippen molar-refractivity contribution in [2.45, 2.75) is 26.5 Å². The Labute approximate surface area is 196 Å². The van der Waals surface area contributed by atoms with Crippen LogP contribution < -0.4 is 19.6 Å². The number of esters is 1. The highest BCUT2D eigenvalue weighted by atomic mass is 32.1. The van der Waals surface area contributed by atoms with E-state index in [9.17, 15) is 23.5 Å². The van der Waals surface area contributed by atoms with Crippen molar-refractivity contribution in [2.75, 3.05) is 6.61 Å². The van der Waals surface area contributed by atoms with Crippen LogP contribution in [-0.2, 0) is 9.53 Å². The number of carbonyl (C=O) groups is 1. The quantitative estimate of drug-likeness (QED) is 0.541. The Kier molecular flexibility index (Phi) is 6.60. The fourth-order valence-corrected chi connectivity index (χ4v) is 4.71. The summed E-state index contributed by atoms with van der Waals surface area (Å²) in [5.74, 6) is -0.518. The summed E-state index contributed by atoms with van der Waals surface area (Å²) < 4.78 is 36.1. The molecule has 0 fully saturated rings. The Morgan fingerprint density at radius 3 is 2.50 bits per heavy atom. The number of phenols is 1. The maximum atomic E-state index is 13.4. The van der Waals surface area contributed by atoms with Crippen molar-refractivity contribution in [3.63, 3.8) is 0 Å². The Bertz CT molecular complexity index is 1420. The largest absolute Gasteiger partial charge is 0.508 e. The van der Waals surface area contributed by atoms with Gasteiger partial charge in [-0.1, -0.05) is 35.6 Å². The summed E-state index contributed by atoms with van der Waals surface area (Å²) in [6, 6.07) is 11.3. The molecule has 0 unspecified atom stereocenters. The third-order valence-electron chi connectivity index (χ3n) is 5.13. The van der Waals surface area contributed by atoms with E-state index in [1.165, 1.54) is 28.8 Å². The van der Waals surface area contributed by atoms with Crippen molar-refractivity contribution >= 4 is 23.4 Å². The molecule has 4 rings (SSSR count). The lowest BCUT2D eigenvalue weighted by Gasteiger charge is -2.24. The number of ether oxygens (including phenoxy) is 2. The van der Waals surface area contributed by atoms with Crippen LogP contribution in [0.2, 0.25) is 0 Å². The zero-order valence-electron chi connectivity index (χ0n) is 18.2. The smallest absolute Gasteiger partial charge is 0.387 e. The number of allylic oxidation sites excluding steroid dienone is 1. The first kappa shape index (κ1) is 23.4. The molecule has 0 radical (unpaired) electrons. The van der Waals surface area contributed by atoms with Gasteiger partial charge in [-0.2, -0.15) is 8.78 Å². The fourth-order valence-electron chi connectivity index (χ4n) is 3.66. The normalized spacial score (nSPS) is 15.8. The van der Waals surface area contributed by atoms with Crippen molar-refractivity contribution in [3.05, 3.63) is 90.6 Å². The molecule has 10 heteroatoms. The summed E-state index contributed by atoms with van der Waals surface area (Å²) in [5.41, 5.74) is 1.51. The van der Waals surface area contributed by atoms with E-state index in [-0.39, 0.29) is 29.2 Å². The third-order valence-corrected chi connectivity index (χ3v) is 6.11. The first-order chi connectivity index (χ1) is 16.3. The minimum absolute atomic E-state index is 0.00985. The number of hydrogen-bond donors (Lipinski definition) is 1. The van der Waals surface area contributed by atoms with Gasteiger partial charge in [0.1, 0.15) is 11.5 Å². The predicted molar refractivity (Wildman–Crippen MR) is 122 cm³/mol. The number of aromatic hydroxyl groups is 1. The van der Waals surface area contributed by atoms with Crippen LogP contribution in [0, 0.1) is 0 Å². The summed E-state index contributed by atoms with van der Waals surface area (Å²) in [5, 5.41) is 9.71. The summed E-state index contributed by atoms with van der Waals surface area (Å²) >= 11 is 1.15. The monoisotopic (exact) mass is 486 g/mol. The molecule has 0 saturated heterocycles. The van der Waals surface area contributed by atoms with E-state index < -0.39 is 18.6 Å². The highest BCUT2D eigenvalue weighted by Crippen LogP contribution is 2.31. The zero-order valence-corrected chi connectivity index (χ0v) is 19.0. The summed E-state index contributed by atoms with van der Waals surface area (Å²) in [4.78, 5) is 31.1. The van der Waals surface area contributed by atoms with Gasteiger partial charge < -0.3 is 14.6 Å². The van der Waals surface area contributed by atoms with Gasteiger partial charge in [-0.25, -0.2) is 9.79 Å². The van der Waals surface area contributed by atoms with Crippen LogP contribution in [0.25, 0.3) is 6.08 Å². The van der Waals surface area contributed by atoms with Crippen molar-refractivity contribution in [1.29, 1.82) is 0 Å². The maximum Gasteiger partial charge on any atom is 0.387 e. The fraction of sp³-hybridized carbons (Fsp3) is 0.208. The molecular weight excluding hydrogens is 466 g/mol. The number of alkyl halides is 2. The van der Waals surface area contributed by atoms with Gasteiger partial charge in [0.15, 0.2) is 4.80 Å². The molecular formula is C24H20F2N2O5S. The topological polar surface area (TPSA) is 90.1 Å². The number of aromatic nitrogens is 1. The van der Waals surface area contributed by atoms with Gasteiger partial charge in [-0.15, -0.1) is 0 Å². The molecule has 0 spiro atoms. The molecule has 1 aliphatic heterocycles. The van der Waals surface area contributed by atoms with Crippen LogP contribution >= 0.6 is 11.3 Å². The van der Waals surface area contributed by atoms with E-state index in [4.69, 9.17) is 4.74 Å². The Morgan fingerprint density at radius 2 is 1.88 bits per heavy atom. The molecule has 0 aliphatic carbocycles. The molecule has 7 nitrogen and oxygen atoms in total. The van der Waals surface area contributed by atoms with Gasteiger partial charge >= 0.3 is 12.6 Å². The first-order valence-electron chi connectivity index (χ1n) is 10.3. The minimum Gasteiger partial charge on any atom is -0.508 e. The van der Waals surface area contributed by atoms with Crippen LogP contribution in [0.15, 0.2) is 69.6 Å². The standard InChI is InChI=1S/C24H20F2N2O5S/c1-3-32-22(31)19-13(2)27-24-28(20(19)15-6-8-16(29)9-7-15)21(30)18(34-24)12-14-4-10-17(11-5-14)33-23(25)26/h4-12,20,23,29H,3H2,1-2H3/t20-/m1/s1. The maximum absolute atomic E-state index is 13.4. The van der Waals surface area contributed by atoms with E-state index in [0.717, 1.165) is 11.3 Å². The highest BCUT2D eigenvalue weighted by Gasteiger charge is 2.33. The van der Waals surface area contributed by atoms with Gasteiger partial charge in [0.2, 0.25) is 0 Å². The van der Waals surface area contributed by atoms with Crippen LogP contribution in [0.4, 0.5) is 8.78 Å². The molecule has 3 aromatic rings. The minimum atomic E-state index is -2.92. The average molecular weight is 486 g/mol. The van der Waals surface area contributed by atoms with Crippen molar-refractivity contribution < 1.29 is 28.2 Å². The van der Waals surface area contributed by atoms with E-state index in [2.05, 4.69) is 9.73 Å². The van der Waals surface area contributed by atoms with Crippen LogP contribution in [-0.4, -0.2) is 28.9 Å². The van der Waals surface area contributed by atoms with Gasteiger partial charge in [0.25, 0.3) is 5.56 Å². The van der Waals surface area contributed by atoms with E-state index in [1.807, 2.05) is 0 Å². The second kappa shape index (κ2) is 9.60. The van der Waals surface area contributed by atoms with Gasteiger partial charge in [-0.05, 0) is 55.3 Å². The summed E-state index contributed by atoms with van der Waals surface area (Å²) in [6.07, 6.45) is 1.62. The number of halogens is 2. The Morgan fingerprint density at radius 1 is 1.21 bits per heavy atom. The number of nitrogens with zero attached hydrogens (tertiary/aromatic N) is 2. The molecule has 34 heavy (non-hydrogen) atoms. The second-order valence-electron chi connectivity index (χ2n) is 7.34. The van der Waals surface area contributed by atoms with Crippen molar-refractivity contribution in [3.8, 4) is 11.5 Å². The SMILES string of the molecule is CCOC(=O)C1=C(C)N=c2sc(=Cc3ccc(OC(F)F)cc3)c(=O)n2[C@@H]1c1ccc(O)cc1. The van der Waals surface area contributed by atoms with Gasteiger partial charge in [0, 0.05) is 0 Å². The molecule has 1 aromatic heterocycles. The van der Waals surface area contributed by atoms with Crippen LogP contribution in [0.1, 0.15) is 31.0 Å². The predicted octanol–water partition coefficient (Wildman–Crippen LogP) is 3.11. The number of benzene rings is 2. The number of thiazole rings is 1. The molecule has 1 atom stereocenters. The number of fused-ring (bicyclic) bond motifs is 1. The molecule has 1 N–H and O–H groups in total. The van der Waals surface area contributed by atoms with Crippen molar-refractivity contribution in [1.82, 2.24) is 4.57 Å². The summed E-state index contributed by atoms with van der Waals surface area (Å²) in [7, 11) is 0. The van der Waals surface area contributed by atoms with Crippen LogP contribution in [0.3, 0.4) is 0 Å². The Balaban J connectivity index is 1.85. The first-order valence-corrected chi connectivity index (χ1v) is 11.1. The molecule has 2 heterocycles. The van der Waals surface area contributed by atoms with E-state index in [1.54, 1.807) is 44.2 Å². The molecule has 0 amide bonds. The average Bonchev–Trinajstić information content (AvgIpc) is 3.09. The number of carbonyl (C=O) groups excluding carboxylic acids is 1. The van der Waals surface area contributed by atoms with Gasteiger partial charge in [-0.3, -0.25) is 9.36 Å². The van der Waals surface area contributed by atoms with E-state index in [0.29, 0.717) is 26.2 Å². The summed E-state index contributed by atoms with van der Waals surface area (Å²) in [6.45, 7) is 0.605. The van der Waals surface area contributed by atoms with Crippen LogP contribution in [0.5, 0.6) is 11.5 Å². The third kappa shape index (κ3) is 4.62. The van der Waals surface area contributed by atoms with Gasteiger partial charge in [0.05, 0.1) is 28.5 Å². The zero-order chi connectivity index (χ0) is 24.4. The number of rotatable bonds is 6. The number of phenolic OH excluding ortho intramolecular Hbond substituents is 1. The molecule has 2 aromatic carbocycles. The van der Waals surface area contributed by atoms with E-state index >= 15 is 0 Å². The molecule has 0 saturated carbocycles. The lowest BCUT2D eigenvalue weighted by Crippen LogP contribution is -2.39. The lowest BCUT2D eigenvalue weighted by molar-refractivity contribution is -0.139. The second-order valence-corrected chi connectivity index (χ2v) is 8.35. The van der Waals surface area contributed by atoms with Crippen molar-refractivity contribution in [2.24, 2.45) is 4.99 Å². The molecule has 0 bridgehead atoms. The molecule has 1 aliphatic rings. The molecule has 176 valence electrons. The Hall–Kier alpha value is -3.79. The number of hydrogen-bond acceptors (Lipinski definition) is 7.